The van der Waals surface area contributed by atoms with Crippen molar-refractivity contribution in [2.75, 3.05) is 17.2 Å². The minimum atomic E-state index is -5.08. The number of hydrogen-bond donors (Lipinski definition) is 4. The summed E-state index contributed by atoms with van der Waals surface area (Å²) in [7, 11) is 0. The van der Waals surface area contributed by atoms with Crippen LogP contribution in [-0.4, -0.2) is 55.7 Å². The lowest BCUT2D eigenvalue weighted by atomic mass is 9.93. The summed E-state index contributed by atoms with van der Waals surface area (Å²) in [6.07, 6.45) is 0.0850. The molecule has 4 rings (SSSR count). The Hall–Kier alpha value is -3.54. The van der Waals surface area contributed by atoms with Crippen molar-refractivity contribution in [2.24, 2.45) is 0 Å². The van der Waals surface area contributed by atoms with Crippen LogP contribution in [0.1, 0.15) is 38.2 Å². The lowest BCUT2D eigenvalue weighted by Crippen LogP contribution is -2.29. The second-order valence-corrected chi connectivity index (χ2v) is 8.07. The van der Waals surface area contributed by atoms with Gasteiger partial charge >= 0.3 is 12.1 Å². The molecule has 0 radical (unpaired) electrons. The van der Waals surface area contributed by atoms with Gasteiger partial charge < -0.3 is 25.6 Å². The third kappa shape index (κ3) is 6.98. The number of carboxylic acid groups (broad SMARTS) is 1. The fourth-order valence-corrected chi connectivity index (χ4v) is 3.66. The zero-order valence-corrected chi connectivity index (χ0v) is 19.3. The minimum absolute atomic E-state index is 0.165. The van der Waals surface area contributed by atoms with Crippen molar-refractivity contribution >= 4 is 28.9 Å². The number of benzene rings is 1. The van der Waals surface area contributed by atoms with Gasteiger partial charge in [-0.05, 0) is 63.8 Å². The molecule has 2 heterocycles. The molecule has 4 N–H and O–H groups in total. The molecule has 2 aromatic heterocycles. The van der Waals surface area contributed by atoms with Gasteiger partial charge in [0.15, 0.2) is 5.65 Å². The van der Waals surface area contributed by atoms with Gasteiger partial charge in [-0.15, -0.1) is 0 Å². The first kappa shape index (κ1) is 26.1. The summed E-state index contributed by atoms with van der Waals surface area (Å²) in [4.78, 5) is 13.7. The third-order valence-corrected chi connectivity index (χ3v) is 5.48. The molecule has 1 saturated carbocycles. The summed E-state index contributed by atoms with van der Waals surface area (Å²) in [5.41, 5.74) is 2.76. The van der Waals surface area contributed by atoms with Crippen molar-refractivity contribution in [3.63, 3.8) is 0 Å². The summed E-state index contributed by atoms with van der Waals surface area (Å²) in [5, 5.41) is 28.4. The molecule has 1 aliphatic rings. The quantitative estimate of drug-likeness (QED) is 0.394. The normalized spacial score (nSPS) is 17.9. The van der Waals surface area contributed by atoms with Crippen LogP contribution >= 0.6 is 0 Å². The number of nitrogens with zero attached hydrogens (tertiary/aromatic N) is 3. The van der Waals surface area contributed by atoms with E-state index in [1.54, 1.807) is 6.20 Å². The van der Waals surface area contributed by atoms with E-state index in [1.807, 2.05) is 48.7 Å². The maximum absolute atomic E-state index is 10.6. The Labute approximate surface area is 199 Å². The molecule has 1 aliphatic carbocycles. The van der Waals surface area contributed by atoms with Gasteiger partial charge in [0.2, 0.25) is 0 Å². The van der Waals surface area contributed by atoms with Crippen LogP contribution < -0.4 is 15.4 Å². The highest BCUT2D eigenvalue weighted by Gasteiger charge is 2.38. The van der Waals surface area contributed by atoms with E-state index in [2.05, 4.69) is 15.7 Å². The Morgan fingerprint density at radius 1 is 1.17 bits per heavy atom. The van der Waals surface area contributed by atoms with Crippen LogP contribution in [0.4, 0.5) is 30.5 Å². The number of halogens is 3. The van der Waals surface area contributed by atoms with Crippen molar-refractivity contribution in [3.8, 4) is 5.75 Å². The molecule has 1 fully saturated rings. The Morgan fingerprint density at radius 2 is 1.80 bits per heavy atom. The number of ether oxygens (including phenoxy) is 1. The highest BCUT2D eigenvalue weighted by atomic mass is 19.4. The van der Waals surface area contributed by atoms with E-state index in [9.17, 15) is 18.3 Å². The molecule has 190 valence electrons. The second kappa shape index (κ2) is 11.3. The molecule has 0 bridgehead atoms. The minimum Gasteiger partial charge on any atom is -0.494 e. The van der Waals surface area contributed by atoms with Crippen molar-refractivity contribution in [1.82, 2.24) is 14.6 Å². The number of nitrogens with one attached hydrogen (secondary N) is 2. The van der Waals surface area contributed by atoms with Gasteiger partial charge in [0, 0.05) is 23.4 Å². The molecule has 12 heteroatoms. The van der Waals surface area contributed by atoms with Gasteiger partial charge in [0.25, 0.3) is 0 Å². The molecule has 0 atom stereocenters. The first-order valence-electron chi connectivity index (χ1n) is 11.2. The largest absolute Gasteiger partial charge is 0.494 e. The number of aliphatic carboxylic acids is 1. The van der Waals surface area contributed by atoms with E-state index >= 15 is 0 Å². The van der Waals surface area contributed by atoms with Crippen molar-refractivity contribution in [1.29, 1.82) is 0 Å². The zero-order chi connectivity index (χ0) is 25.6. The topological polar surface area (TPSA) is 121 Å². The molecule has 35 heavy (non-hydrogen) atoms. The lowest BCUT2D eigenvalue weighted by molar-refractivity contribution is -0.192. The number of carbonyl (C=O) groups is 1. The first-order chi connectivity index (χ1) is 16.6. The van der Waals surface area contributed by atoms with Crippen molar-refractivity contribution in [3.05, 3.63) is 42.1 Å². The summed E-state index contributed by atoms with van der Waals surface area (Å²) in [5.74, 6) is -0.154. The van der Waals surface area contributed by atoms with Crippen LogP contribution in [0.25, 0.3) is 5.65 Å². The Kier molecular flexibility index (Phi) is 8.39. The highest BCUT2D eigenvalue weighted by molar-refractivity contribution is 5.73. The van der Waals surface area contributed by atoms with Gasteiger partial charge in [-0.25, -0.2) is 9.78 Å². The average molecular weight is 496 g/mol. The van der Waals surface area contributed by atoms with Crippen LogP contribution in [-0.2, 0) is 4.79 Å². The number of aromatic nitrogens is 3. The summed E-state index contributed by atoms with van der Waals surface area (Å²) >= 11 is 0. The zero-order valence-electron chi connectivity index (χ0n) is 19.3. The fraction of sp³-hybridized carbons (Fsp3) is 0.435. The molecule has 0 aliphatic heterocycles. The monoisotopic (exact) mass is 495 g/mol. The van der Waals surface area contributed by atoms with E-state index in [4.69, 9.17) is 19.6 Å². The van der Waals surface area contributed by atoms with E-state index in [1.165, 1.54) is 0 Å². The molecule has 0 saturated heterocycles. The van der Waals surface area contributed by atoms with E-state index < -0.39 is 12.1 Å². The molecular formula is C23H28F3N5O4. The van der Waals surface area contributed by atoms with E-state index in [0.717, 1.165) is 60.0 Å². The fourth-order valence-electron chi connectivity index (χ4n) is 3.66. The number of carboxylic acids is 1. The van der Waals surface area contributed by atoms with Crippen LogP contribution in [0.2, 0.25) is 0 Å². The molecule has 1 aromatic carbocycles. The molecular weight excluding hydrogens is 467 g/mol. The van der Waals surface area contributed by atoms with Gasteiger partial charge in [-0.3, -0.25) is 0 Å². The van der Waals surface area contributed by atoms with E-state index in [0.29, 0.717) is 12.6 Å². The highest BCUT2D eigenvalue weighted by Crippen LogP contribution is 2.29. The van der Waals surface area contributed by atoms with Crippen LogP contribution in [0.15, 0.2) is 36.5 Å². The molecule has 3 aromatic rings. The maximum Gasteiger partial charge on any atom is 0.490 e. The molecule has 0 spiro atoms. The predicted octanol–water partition coefficient (Wildman–Crippen LogP) is 4.53. The van der Waals surface area contributed by atoms with E-state index in [-0.39, 0.29) is 6.10 Å². The Bertz CT molecular complexity index is 1130. The molecule has 0 amide bonds. The SMILES string of the molecule is CCOc1ccc(Nc2c(C)c(NC3CCC(O)CC3)nc3ccnn23)cc1.O=C(O)C(F)(F)F. The number of aliphatic hydroxyl groups excluding tert-OH is 1. The number of rotatable bonds is 6. The lowest BCUT2D eigenvalue weighted by Gasteiger charge is -2.27. The van der Waals surface area contributed by atoms with Gasteiger partial charge in [-0.1, -0.05) is 0 Å². The smallest absolute Gasteiger partial charge is 0.490 e. The standard InChI is InChI=1S/C21H27N5O2.C2HF3O2/c1-3-28-18-10-6-16(7-11-18)24-21-14(2)20(25-19-12-13-22-26(19)21)23-15-4-8-17(27)9-5-15;3-2(4,5)1(6)7/h6-7,10-13,15,17,24,27H,3-5,8-9H2,1-2H3,(H,23,25);(H,6,7). The third-order valence-electron chi connectivity index (χ3n) is 5.48. The van der Waals surface area contributed by atoms with Crippen LogP contribution in [0, 0.1) is 6.92 Å². The molecule has 9 nitrogen and oxygen atoms in total. The Balaban J connectivity index is 0.000000429. The van der Waals surface area contributed by atoms with Crippen molar-refractivity contribution < 1.29 is 32.9 Å². The average Bonchev–Trinajstić information content (AvgIpc) is 3.27. The number of aliphatic hydroxyl groups is 1. The van der Waals surface area contributed by atoms with Crippen molar-refractivity contribution in [2.45, 2.75) is 57.9 Å². The first-order valence-corrected chi connectivity index (χ1v) is 11.2. The predicted molar refractivity (Wildman–Crippen MR) is 124 cm³/mol. The summed E-state index contributed by atoms with van der Waals surface area (Å²) < 4.78 is 39.1. The summed E-state index contributed by atoms with van der Waals surface area (Å²) in [6.45, 7) is 4.67. The number of fused-ring (bicyclic) bond motifs is 1. The maximum atomic E-state index is 10.6. The van der Waals surface area contributed by atoms with Crippen LogP contribution in [0.5, 0.6) is 5.75 Å². The number of hydrogen-bond acceptors (Lipinski definition) is 7. The number of alkyl halides is 3. The van der Waals surface area contributed by atoms with Crippen LogP contribution in [0.3, 0.4) is 0 Å². The Morgan fingerprint density at radius 3 is 2.37 bits per heavy atom. The van der Waals surface area contributed by atoms with Gasteiger partial charge in [0.05, 0.1) is 18.9 Å². The summed E-state index contributed by atoms with van der Waals surface area (Å²) in [6, 6.07) is 10.1. The second-order valence-electron chi connectivity index (χ2n) is 8.07. The number of anilines is 3. The van der Waals surface area contributed by atoms with Gasteiger partial charge in [0.1, 0.15) is 17.4 Å². The molecule has 0 unspecified atom stereocenters. The van der Waals surface area contributed by atoms with Gasteiger partial charge in [-0.2, -0.15) is 22.8 Å².